The Hall–Kier alpha value is -4.20. The molecule has 4 heterocycles. The van der Waals surface area contributed by atoms with Gasteiger partial charge in [-0.05, 0) is 42.5 Å². The highest BCUT2D eigenvalue weighted by molar-refractivity contribution is 7.91. The first-order valence-electron chi connectivity index (χ1n) is 11.0. The van der Waals surface area contributed by atoms with Crippen molar-refractivity contribution in [1.82, 2.24) is 19.5 Å². The van der Waals surface area contributed by atoms with Crippen molar-refractivity contribution < 1.29 is 26.3 Å². The average Bonchev–Trinajstić information content (AvgIpc) is 3.35. The zero-order chi connectivity index (χ0) is 26.2. The Morgan fingerprint density at radius 1 is 1.16 bits per heavy atom. The second-order valence-electron chi connectivity index (χ2n) is 8.13. The summed E-state index contributed by atoms with van der Waals surface area (Å²) < 4.78 is 74.1. The molecule has 1 aromatic heterocycles. The monoisotopic (exact) mass is 531 g/mol. The molecule has 0 spiro atoms. The molecule has 2 N–H and O–H groups in total. The Kier molecular flexibility index (Phi) is 6.19. The van der Waals surface area contributed by atoms with Crippen molar-refractivity contribution in [2.75, 3.05) is 23.6 Å². The predicted octanol–water partition coefficient (Wildman–Crippen LogP) is 3.49. The van der Waals surface area contributed by atoms with Crippen LogP contribution >= 0.6 is 0 Å². The highest BCUT2D eigenvalue weighted by atomic mass is 32.2. The van der Waals surface area contributed by atoms with Crippen molar-refractivity contribution in [3.8, 4) is 22.9 Å². The summed E-state index contributed by atoms with van der Waals surface area (Å²) in [5, 5.41) is 3.28. The smallest absolute Gasteiger partial charge is 0.416 e. The summed E-state index contributed by atoms with van der Waals surface area (Å²) in [4.78, 5) is 16.4. The van der Waals surface area contributed by atoms with Gasteiger partial charge in [0.25, 0.3) is 0 Å². The summed E-state index contributed by atoms with van der Waals surface area (Å²) in [6.07, 6.45) is -1.99. The molecule has 0 fully saturated rings. The van der Waals surface area contributed by atoms with Crippen LogP contribution in [-0.2, 0) is 28.5 Å². The van der Waals surface area contributed by atoms with E-state index in [-0.39, 0.29) is 11.4 Å². The molecule has 0 radical (unpaired) electrons. The number of nitrogens with zero attached hydrogens (tertiary/aromatic N) is 5. The van der Waals surface area contributed by atoms with Gasteiger partial charge < -0.3 is 14.6 Å². The van der Waals surface area contributed by atoms with Crippen molar-refractivity contribution >= 4 is 21.5 Å². The van der Waals surface area contributed by atoms with E-state index in [0.29, 0.717) is 36.3 Å². The molecule has 0 amide bonds. The first-order valence-corrected chi connectivity index (χ1v) is 12.6. The third kappa shape index (κ3) is 5.33. The van der Waals surface area contributed by atoms with E-state index in [2.05, 4.69) is 30.0 Å². The number of hydrogen-bond acceptors (Lipinski definition) is 8. The van der Waals surface area contributed by atoms with Crippen LogP contribution in [0.5, 0.6) is 11.5 Å². The molecular formula is C23H20F3N7O3S. The van der Waals surface area contributed by atoms with Crippen LogP contribution in [0.1, 0.15) is 11.3 Å². The number of benzene rings is 1. The summed E-state index contributed by atoms with van der Waals surface area (Å²) in [5.41, 5.74) is 0.183. The zero-order valence-corrected chi connectivity index (χ0v) is 20.1. The molecule has 10 nitrogen and oxygen atoms in total. The van der Waals surface area contributed by atoms with Gasteiger partial charge in [-0.1, -0.05) is 0 Å². The maximum atomic E-state index is 12.9. The Labute approximate surface area is 209 Å². The molecule has 1 aromatic carbocycles. The van der Waals surface area contributed by atoms with Crippen molar-refractivity contribution in [2.24, 2.45) is 4.99 Å². The van der Waals surface area contributed by atoms with Crippen LogP contribution in [0.3, 0.4) is 0 Å². The van der Waals surface area contributed by atoms with Gasteiger partial charge in [-0.15, -0.1) is 0 Å². The molecular weight excluding hydrogens is 511 g/mol. The molecule has 0 aliphatic carbocycles. The second-order valence-corrected chi connectivity index (χ2v) is 9.85. The van der Waals surface area contributed by atoms with Crippen molar-refractivity contribution in [1.29, 1.82) is 0 Å². The van der Waals surface area contributed by atoms with E-state index in [1.807, 2.05) is 4.57 Å². The summed E-state index contributed by atoms with van der Waals surface area (Å²) in [6, 6.07) is 9.44. The average molecular weight is 532 g/mol. The molecule has 14 heteroatoms. The number of nitrogens with one attached hydrogen (secondary N) is 2. The molecule has 0 atom stereocenters. The van der Waals surface area contributed by atoms with E-state index < -0.39 is 27.5 Å². The van der Waals surface area contributed by atoms with Crippen LogP contribution in [0.25, 0.3) is 11.4 Å². The number of halogens is 3. The van der Waals surface area contributed by atoms with Crippen molar-refractivity contribution in [3.63, 3.8) is 0 Å². The maximum absolute atomic E-state index is 12.9. The van der Waals surface area contributed by atoms with Crippen LogP contribution in [0.2, 0.25) is 0 Å². The summed E-state index contributed by atoms with van der Waals surface area (Å²) in [7, 11) is -2.40. The lowest BCUT2D eigenvalue weighted by Crippen LogP contribution is -2.17. The van der Waals surface area contributed by atoms with Gasteiger partial charge in [-0.25, -0.2) is 13.4 Å². The van der Waals surface area contributed by atoms with E-state index in [0.717, 1.165) is 29.5 Å². The molecule has 0 bridgehead atoms. The highest BCUT2D eigenvalue weighted by Gasteiger charge is 2.31. The molecule has 192 valence electrons. The Bertz CT molecular complexity index is 1600. The van der Waals surface area contributed by atoms with Crippen LogP contribution in [0.15, 0.2) is 59.9 Å². The quantitative estimate of drug-likeness (QED) is 0.390. The van der Waals surface area contributed by atoms with Gasteiger partial charge in [0.05, 0.1) is 11.3 Å². The number of aromatic nitrogens is 4. The number of anilines is 2. The maximum Gasteiger partial charge on any atom is 0.416 e. The van der Waals surface area contributed by atoms with Crippen LogP contribution in [-0.4, -0.2) is 41.5 Å². The fraction of sp³-hybridized carbons (Fsp3) is 0.217. The van der Waals surface area contributed by atoms with Gasteiger partial charge >= 0.3 is 6.18 Å². The minimum atomic E-state index is -4.59. The number of sulfonamides is 1. The number of rotatable bonds is 6. The second kappa shape index (κ2) is 9.35. The summed E-state index contributed by atoms with van der Waals surface area (Å²) in [6.45, 7) is 1.38. The molecule has 5 rings (SSSR count). The first kappa shape index (κ1) is 24.5. The molecule has 2 aromatic rings. The van der Waals surface area contributed by atoms with Gasteiger partial charge in [0.2, 0.25) is 15.6 Å². The van der Waals surface area contributed by atoms with E-state index >= 15 is 0 Å². The Balaban J connectivity index is 1.33. The minimum absolute atomic E-state index is 0.221. The molecule has 3 aliphatic heterocycles. The lowest BCUT2D eigenvalue weighted by Gasteiger charge is -2.17. The molecule has 0 saturated heterocycles. The number of hydrogen-bond donors (Lipinski definition) is 2. The first-order chi connectivity index (χ1) is 17.6. The number of pyridine rings is 2. The van der Waals surface area contributed by atoms with E-state index in [4.69, 9.17) is 4.74 Å². The van der Waals surface area contributed by atoms with Gasteiger partial charge in [0.1, 0.15) is 17.3 Å². The van der Waals surface area contributed by atoms with E-state index in [1.54, 1.807) is 31.4 Å². The van der Waals surface area contributed by atoms with Gasteiger partial charge in [-0.2, -0.15) is 18.2 Å². The van der Waals surface area contributed by atoms with Gasteiger partial charge in [0, 0.05) is 43.8 Å². The van der Waals surface area contributed by atoms with Crippen molar-refractivity contribution in [3.05, 3.63) is 71.7 Å². The summed E-state index contributed by atoms with van der Waals surface area (Å²) >= 11 is 0. The number of fused-ring (bicyclic) bond motifs is 3. The van der Waals surface area contributed by atoms with Crippen LogP contribution in [0.4, 0.5) is 24.7 Å². The lowest BCUT2D eigenvalue weighted by atomic mass is 10.2. The molecule has 3 aliphatic rings. The van der Waals surface area contributed by atoms with Gasteiger partial charge in [-0.3, -0.25) is 14.7 Å². The number of alkyl halides is 3. The SMILES string of the molecule is CN=c1ncc2cc(Oc3ccc(NS(=O)(=O)Cc4cc(C(F)(F)F)ccn4)cc3)c3n(c-2n1)CCN3. The lowest BCUT2D eigenvalue weighted by molar-refractivity contribution is -0.137. The van der Waals surface area contributed by atoms with Crippen LogP contribution in [0, 0.1) is 0 Å². The topological polar surface area (TPSA) is 123 Å². The third-order valence-corrected chi connectivity index (χ3v) is 6.72. The largest absolute Gasteiger partial charge is 0.454 e. The minimum Gasteiger partial charge on any atom is -0.454 e. The van der Waals surface area contributed by atoms with Gasteiger partial charge in [0.15, 0.2) is 11.6 Å². The molecule has 37 heavy (non-hydrogen) atoms. The fourth-order valence-corrected chi connectivity index (χ4v) is 4.99. The Morgan fingerprint density at radius 2 is 1.95 bits per heavy atom. The highest BCUT2D eigenvalue weighted by Crippen LogP contribution is 2.38. The standard InChI is InChI=1S/C23H20F3N7O3S/c1-27-22-30-12-14-10-19(21-29-8-9-33(21)20(14)31-22)36-18-4-2-16(3-5-18)32-37(34,35)13-17-11-15(6-7-28-17)23(24,25)26/h2-7,10-12,29,32H,8-9,13H2,1H3. The van der Waals surface area contributed by atoms with E-state index in [9.17, 15) is 21.6 Å². The fourth-order valence-electron chi connectivity index (χ4n) is 3.87. The number of ether oxygens (including phenoxy) is 1. The normalized spacial score (nSPS) is 13.9. The zero-order valence-electron chi connectivity index (χ0n) is 19.3. The van der Waals surface area contributed by atoms with E-state index in [1.165, 1.54) is 12.1 Å². The van der Waals surface area contributed by atoms with Crippen molar-refractivity contribution in [2.45, 2.75) is 18.5 Å². The summed E-state index contributed by atoms with van der Waals surface area (Å²) in [5.74, 6) is 1.74. The molecule has 0 unspecified atom stereocenters. The predicted molar refractivity (Wildman–Crippen MR) is 129 cm³/mol. The molecule has 0 saturated carbocycles. The third-order valence-electron chi connectivity index (χ3n) is 5.49. The van der Waals surface area contributed by atoms with Crippen LogP contribution < -0.4 is 20.4 Å². The Morgan fingerprint density at radius 3 is 2.68 bits per heavy atom.